The zero-order chi connectivity index (χ0) is 22.3. The molecule has 2 rings (SSSR count). The number of hydrogen-bond acceptors (Lipinski definition) is 3. The Kier molecular flexibility index (Phi) is 11.6. The molecule has 0 N–H and O–H groups in total. The van der Waals surface area contributed by atoms with Crippen molar-refractivity contribution in [3.05, 3.63) is 86.0 Å². The van der Waals surface area contributed by atoms with E-state index in [2.05, 4.69) is 97.5 Å². The first kappa shape index (κ1) is 24.7. The van der Waals surface area contributed by atoms with E-state index < -0.39 is 0 Å². The Labute approximate surface area is 190 Å². The molecule has 0 fully saturated rings. The zero-order valence-electron chi connectivity index (χ0n) is 19.5. The number of rotatable bonds is 16. The maximum absolute atomic E-state index is 6.28. The molecule has 0 amide bonds. The van der Waals surface area contributed by atoms with Gasteiger partial charge in [-0.15, -0.1) is 13.2 Å². The number of unbranched alkanes of at least 4 members (excludes halogenated alkanes) is 2. The van der Waals surface area contributed by atoms with E-state index in [-0.39, 0.29) is 12.1 Å². The number of nitrogens with zero attached hydrogens (tertiary/aromatic N) is 2. The topological polar surface area (TPSA) is 15.7 Å². The summed E-state index contributed by atoms with van der Waals surface area (Å²) in [4.78, 5) is 4.82. The van der Waals surface area contributed by atoms with Crippen LogP contribution in [0.2, 0.25) is 0 Å². The average Bonchev–Trinajstić information content (AvgIpc) is 2.83. The van der Waals surface area contributed by atoms with Crippen LogP contribution in [0, 0.1) is 0 Å². The van der Waals surface area contributed by atoms with Crippen LogP contribution in [-0.4, -0.2) is 38.4 Å². The van der Waals surface area contributed by atoms with E-state index in [1.165, 1.54) is 11.4 Å². The van der Waals surface area contributed by atoms with Crippen molar-refractivity contribution in [2.45, 2.75) is 51.6 Å². The lowest BCUT2D eigenvalue weighted by molar-refractivity contribution is 0.121. The van der Waals surface area contributed by atoms with Crippen LogP contribution in [0.25, 0.3) is 0 Å². The molecule has 168 valence electrons. The predicted octanol–water partition coefficient (Wildman–Crippen LogP) is 6.73. The molecule has 3 heteroatoms. The van der Waals surface area contributed by atoms with Crippen LogP contribution in [0.1, 0.15) is 39.5 Å². The van der Waals surface area contributed by atoms with Crippen molar-refractivity contribution in [3.63, 3.8) is 0 Å². The molecule has 31 heavy (non-hydrogen) atoms. The molecule has 2 aromatic carbocycles. The summed E-state index contributed by atoms with van der Waals surface area (Å²) < 4.78 is 6.28. The van der Waals surface area contributed by atoms with E-state index >= 15 is 0 Å². The molecule has 3 nitrogen and oxygen atoms in total. The van der Waals surface area contributed by atoms with Gasteiger partial charge in [-0.1, -0.05) is 75.2 Å². The summed E-state index contributed by atoms with van der Waals surface area (Å²) in [6.07, 6.45) is 8.64. The Morgan fingerprint density at radius 1 is 0.710 bits per heavy atom. The second kappa shape index (κ2) is 14.5. The highest BCUT2D eigenvalue weighted by atomic mass is 16.5. The van der Waals surface area contributed by atoms with Crippen LogP contribution in [0.3, 0.4) is 0 Å². The molecule has 0 heterocycles. The second-order valence-electron chi connectivity index (χ2n) is 7.91. The third kappa shape index (κ3) is 7.91. The van der Waals surface area contributed by atoms with Crippen LogP contribution in [0.15, 0.2) is 86.0 Å². The summed E-state index contributed by atoms with van der Waals surface area (Å²) in [7, 11) is 0. The van der Waals surface area contributed by atoms with Crippen molar-refractivity contribution < 1.29 is 4.74 Å². The van der Waals surface area contributed by atoms with E-state index in [0.717, 1.165) is 38.8 Å². The number of para-hydroxylation sites is 2. The summed E-state index contributed by atoms with van der Waals surface area (Å²) in [6, 6.07) is 21.4. The number of benzene rings is 2. The van der Waals surface area contributed by atoms with Gasteiger partial charge in [-0.3, -0.25) is 0 Å². The third-order valence-electron chi connectivity index (χ3n) is 5.60. The smallest absolute Gasteiger partial charge is 0.0707 e. The summed E-state index contributed by atoms with van der Waals surface area (Å²) >= 11 is 0. The van der Waals surface area contributed by atoms with Crippen molar-refractivity contribution in [3.8, 4) is 0 Å². The van der Waals surface area contributed by atoms with Crippen LogP contribution in [0.4, 0.5) is 11.4 Å². The van der Waals surface area contributed by atoms with E-state index in [4.69, 9.17) is 4.74 Å². The SMILES string of the molecule is C=CC(COCC(C=C)N(CCCC)c1ccccc1)N(CCCC)c1ccccc1. The van der Waals surface area contributed by atoms with Crippen LogP contribution < -0.4 is 9.80 Å². The quantitative estimate of drug-likeness (QED) is 0.280. The van der Waals surface area contributed by atoms with Gasteiger partial charge >= 0.3 is 0 Å². The minimum atomic E-state index is 0.139. The summed E-state index contributed by atoms with van der Waals surface area (Å²) in [5.74, 6) is 0. The molecule has 2 atom stereocenters. The highest BCUT2D eigenvalue weighted by Gasteiger charge is 2.19. The Morgan fingerprint density at radius 2 is 1.10 bits per heavy atom. The van der Waals surface area contributed by atoms with Crippen molar-refractivity contribution in [1.82, 2.24) is 0 Å². The van der Waals surface area contributed by atoms with E-state index in [0.29, 0.717) is 13.2 Å². The molecule has 0 saturated heterocycles. The molecule has 2 aromatic rings. The minimum absolute atomic E-state index is 0.139. The van der Waals surface area contributed by atoms with Crippen molar-refractivity contribution >= 4 is 11.4 Å². The fraction of sp³-hybridized carbons (Fsp3) is 0.429. The number of anilines is 2. The fourth-order valence-electron chi connectivity index (χ4n) is 3.75. The molecular weight excluding hydrogens is 380 g/mol. The normalized spacial score (nSPS) is 12.7. The van der Waals surface area contributed by atoms with Crippen molar-refractivity contribution in [2.24, 2.45) is 0 Å². The molecule has 0 bridgehead atoms. The van der Waals surface area contributed by atoms with Crippen molar-refractivity contribution in [2.75, 3.05) is 36.1 Å². The Balaban J connectivity index is 2.05. The van der Waals surface area contributed by atoms with E-state index in [1.807, 2.05) is 12.2 Å². The molecular formula is C28H40N2O. The first-order valence-electron chi connectivity index (χ1n) is 11.7. The minimum Gasteiger partial charge on any atom is -0.376 e. The lowest BCUT2D eigenvalue weighted by Crippen LogP contribution is -2.41. The first-order valence-corrected chi connectivity index (χ1v) is 11.7. The van der Waals surface area contributed by atoms with Gasteiger partial charge in [0.25, 0.3) is 0 Å². The Hall–Kier alpha value is -2.52. The molecule has 0 saturated carbocycles. The molecule has 0 radical (unpaired) electrons. The van der Waals surface area contributed by atoms with Crippen molar-refractivity contribution in [1.29, 1.82) is 0 Å². The average molecular weight is 421 g/mol. The maximum atomic E-state index is 6.28. The maximum Gasteiger partial charge on any atom is 0.0707 e. The lowest BCUT2D eigenvalue weighted by Gasteiger charge is -2.34. The summed E-state index contributed by atoms with van der Waals surface area (Å²) in [6.45, 7) is 15.9. The van der Waals surface area contributed by atoms with Crippen LogP contribution in [-0.2, 0) is 4.74 Å². The zero-order valence-corrected chi connectivity index (χ0v) is 19.5. The van der Waals surface area contributed by atoms with Gasteiger partial charge in [0.05, 0.1) is 25.3 Å². The standard InChI is InChI=1S/C28H40N2O/c1-5-9-21-29(27-17-13-11-14-18-27)25(7-3)23-31-24-26(8-4)30(22-10-6-2)28-19-15-12-16-20-28/h7-8,11-20,25-26H,3-6,9-10,21-24H2,1-2H3. The largest absolute Gasteiger partial charge is 0.376 e. The summed E-state index contributed by atoms with van der Waals surface area (Å²) in [5, 5.41) is 0. The Bertz CT molecular complexity index is 668. The highest BCUT2D eigenvalue weighted by molar-refractivity contribution is 5.49. The molecule has 0 aliphatic carbocycles. The molecule has 0 aromatic heterocycles. The van der Waals surface area contributed by atoms with Gasteiger partial charge in [0.15, 0.2) is 0 Å². The van der Waals surface area contributed by atoms with Gasteiger partial charge < -0.3 is 14.5 Å². The van der Waals surface area contributed by atoms with Gasteiger partial charge in [-0.2, -0.15) is 0 Å². The highest BCUT2D eigenvalue weighted by Crippen LogP contribution is 2.20. The third-order valence-corrected chi connectivity index (χ3v) is 5.60. The first-order chi connectivity index (χ1) is 15.2. The lowest BCUT2D eigenvalue weighted by atomic mass is 10.1. The van der Waals surface area contributed by atoms with Gasteiger partial charge in [0.2, 0.25) is 0 Å². The molecule has 0 aliphatic heterocycles. The predicted molar refractivity (Wildman–Crippen MR) is 136 cm³/mol. The molecule has 0 spiro atoms. The Morgan fingerprint density at radius 3 is 1.42 bits per heavy atom. The summed E-state index contributed by atoms with van der Waals surface area (Å²) in [5.41, 5.74) is 2.44. The van der Waals surface area contributed by atoms with Gasteiger partial charge in [0, 0.05) is 24.5 Å². The molecule has 2 unspecified atom stereocenters. The van der Waals surface area contributed by atoms with E-state index in [9.17, 15) is 0 Å². The van der Waals surface area contributed by atoms with Crippen LogP contribution >= 0.6 is 0 Å². The van der Waals surface area contributed by atoms with Crippen LogP contribution in [0.5, 0.6) is 0 Å². The van der Waals surface area contributed by atoms with Gasteiger partial charge in [0.1, 0.15) is 0 Å². The second-order valence-corrected chi connectivity index (χ2v) is 7.91. The fourth-order valence-corrected chi connectivity index (χ4v) is 3.75. The van der Waals surface area contributed by atoms with Gasteiger partial charge in [-0.25, -0.2) is 0 Å². The monoisotopic (exact) mass is 420 g/mol. The van der Waals surface area contributed by atoms with E-state index in [1.54, 1.807) is 0 Å². The number of ether oxygens (including phenoxy) is 1. The van der Waals surface area contributed by atoms with Gasteiger partial charge in [-0.05, 0) is 37.1 Å². The number of hydrogen-bond donors (Lipinski definition) is 0. The molecule has 0 aliphatic rings.